The third kappa shape index (κ3) is 3.95. The van der Waals surface area contributed by atoms with E-state index >= 15 is 0 Å². The number of thiophene rings is 1. The third-order valence-electron chi connectivity index (χ3n) is 3.00. The van der Waals surface area contributed by atoms with E-state index in [1.807, 2.05) is 29.8 Å². The smallest absolute Gasteiger partial charge is 0.203 e. The van der Waals surface area contributed by atoms with Crippen molar-refractivity contribution in [2.75, 3.05) is 12.0 Å². The molecule has 0 aliphatic rings. The molecule has 0 bridgehead atoms. The van der Waals surface area contributed by atoms with Gasteiger partial charge in [-0.2, -0.15) is 5.10 Å². The SMILES string of the molecule is CCOc1cc(/C=N\Nc2nc(-c3cccs3)cs2)cc(Br)c1O. The zero-order chi connectivity index (χ0) is 16.9. The van der Waals surface area contributed by atoms with Gasteiger partial charge in [-0.25, -0.2) is 4.98 Å². The topological polar surface area (TPSA) is 66.7 Å². The molecule has 3 rings (SSSR count). The number of hydrazone groups is 1. The van der Waals surface area contributed by atoms with Gasteiger partial charge in [0.05, 0.1) is 27.9 Å². The highest BCUT2D eigenvalue weighted by Crippen LogP contribution is 2.35. The first kappa shape index (κ1) is 16.9. The van der Waals surface area contributed by atoms with Crippen molar-refractivity contribution in [2.45, 2.75) is 6.92 Å². The molecule has 0 radical (unpaired) electrons. The predicted octanol–water partition coefficient (Wildman–Crippen LogP) is 5.18. The monoisotopic (exact) mass is 423 g/mol. The minimum Gasteiger partial charge on any atom is -0.503 e. The fraction of sp³-hybridized carbons (Fsp3) is 0.125. The summed E-state index contributed by atoms with van der Waals surface area (Å²) in [6, 6.07) is 7.54. The number of phenolic OH excluding ortho intramolecular Hbond substituents is 1. The number of hydrogen-bond acceptors (Lipinski definition) is 7. The lowest BCUT2D eigenvalue weighted by atomic mass is 10.2. The number of hydrogen-bond donors (Lipinski definition) is 2. The number of phenols is 1. The van der Waals surface area contributed by atoms with Crippen LogP contribution < -0.4 is 10.2 Å². The van der Waals surface area contributed by atoms with E-state index in [-0.39, 0.29) is 5.75 Å². The average Bonchev–Trinajstić information content (AvgIpc) is 3.23. The Morgan fingerprint density at radius 3 is 3.04 bits per heavy atom. The molecular weight excluding hydrogens is 410 g/mol. The van der Waals surface area contributed by atoms with Crippen molar-refractivity contribution >= 4 is 49.9 Å². The van der Waals surface area contributed by atoms with Gasteiger partial charge in [0.1, 0.15) is 0 Å². The highest BCUT2D eigenvalue weighted by molar-refractivity contribution is 9.10. The minimum absolute atomic E-state index is 0.0856. The molecule has 8 heteroatoms. The summed E-state index contributed by atoms with van der Waals surface area (Å²) in [5, 5.41) is 18.8. The first-order chi connectivity index (χ1) is 11.7. The van der Waals surface area contributed by atoms with Gasteiger partial charge in [0.2, 0.25) is 5.13 Å². The summed E-state index contributed by atoms with van der Waals surface area (Å²) in [5.41, 5.74) is 4.66. The lowest BCUT2D eigenvalue weighted by Gasteiger charge is -2.08. The zero-order valence-corrected chi connectivity index (χ0v) is 15.9. The molecule has 2 N–H and O–H groups in total. The number of halogens is 1. The fourth-order valence-electron chi connectivity index (χ4n) is 1.96. The van der Waals surface area contributed by atoms with Crippen molar-refractivity contribution < 1.29 is 9.84 Å². The molecule has 2 aromatic heterocycles. The Balaban J connectivity index is 1.70. The second-order valence-corrected chi connectivity index (χ2v) is 7.33. The van der Waals surface area contributed by atoms with Crippen LogP contribution in [0.2, 0.25) is 0 Å². The molecule has 1 aromatic carbocycles. The van der Waals surface area contributed by atoms with Crippen LogP contribution in [0.15, 0.2) is 44.6 Å². The molecule has 2 heterocycles. The van der Waals surface area contributed by atoms with Crippen molar-refractivity contribution in [1.82, 2.24) is 4.98 Å². The van der Waals surface area contributed by atoms with Crippen molar-refractivity contribution in [3.05, 3.63) is 45.1 Å². The van der Waals surface area contributed by atoms with E-state index in [0.717, 1.165) is 21.3 Å². The van der Waals surface area contributed by atoms with Crippen LogP contribution in [0.3, 0.4) is 0 Å². The van der Waals surface area contributed by atoms with Crippen LogP contribution in [0.4, 0.5) is 5.13 Å². The Morgan fingerprint density at radius 2 is 2.29 bits per heavy atom. The molecule has 0 fully saturated rings. The van der Waals surface area contributed by atoms with Gasteiger partial charge >= 0.3 is 0 Å². The van der Waals surface area contributed by atoms with Gasteiger partial charge in [-0.3, -0.25) is 5.43 Å². The Morgan fingerprint density at radius 1 is 1.42 bits per heavy atom. The molecule has 0 atom stereocenters. The second-order valence-electron chi connectivity index (χ2n) is 4.67. The van der Waals surface area contributed by atoms with Crippen LogP contribution in [-0.2, 0) is 0 Å². The van der Waals surface area contributed by atoms with Gasteiger partial charge in [0, 0.05) is 5.38 Å². The molecule has 24 heavy (non-hydrogen) atoms. The predicted molar refractivity (Wildman–Crippen MR) is 104 cm³/mol. The zero-order valence-electron chi connectivity index (χ0n) is 12.7. The van der Waals surface area contributed by atoms with Gasteiger partial charge in [-0.15, -0.1) is 22.7 Å². The number of anilines is 1. The number of aromatic nitrogens is 1. The molecule has 0 aliphatic carbocycles. The third-order valence-corrected chi connectivity index (χ3v) is 5.25. The van der Waals surface area contributed by atoms with E-state index in [9.17, 15) is 5.11 Å². The standard InChI is InChI=1S/C16H14BrN3O2S2/c1-2-22-13-7-10(6-11(17)15(13)21)8-18-20-16-19-12(9-24-16)14-4-3-5-23-14/h3-9,21H,2H2,1H3,(H,19,20)/b18-8-. The van der Waals surface area contributed by atoms with Crippen LogP contribution in [-0.4, -0.2) is 22.9 Å². The van der Waals surface area contributed by atoms with E-state index < -0.39 is 0 Å². The molecule has 0 saturated heterocycles. The molecule has 3 aromatic rings. The molecule has 0 saturated carbocycles. The van der Waals surface area contributed by atoms with Gasteiger partial charge in [-0.05, 0) is 52.0 Å². The molecular formula is C16H14BrN3O2S2. The first-order valence-electron chi connectivity index (χ1n) is 7.11. The highest BCUT2D eigenvalue weighted by atomic mass is 79.9. The maximum absolute atomic E-state index is 9.91. The largest absolute Gasteiger partial charge is 0.503 e. The molecule has 0 spiro atoms. The summed E-state index contributed by atoms with van der Waals surface area (Å²) in [5.74, 6) is 0.505. The van der Waals surface area contributed by atoms with Gasteiger partial charge < -0.3 is 9.84 Å². The normalized spacial score (nSPS) is 11.1. The molecule has 0 aliphatic heterocycles. The summed E-state index contributed by atoms with van der Waals surface area (Å²) in [4.78, 5) is 5.62. The van der Waals surface area contributed by atoms with E-state index in [0.29, 0.717) is 16.8 Å². The first-order valence-corrected chi connectivity index (χ1v) is 9.66. The number of nitrogens with one attached hydrogen (secondary N) is 1. The van der Waals surface area contributed by atoms with Crippen molar-refractivity contribution in [2.24, 2.45) is 5.10 Å². The summed E-state index contributed by atoms with van der Waals surface area (Å²) in [6.45, 7) is 2.34. The van der Waals surface area contributed by atoms with Crippen LogP contribution in [0, 0.1) is 0 Å². The highest BCUT2D eigenvalue weighted by Gasteiger charge is 2.08. The van der Waals surface area contributed by atoms with E-state index in [4.69, 9.17) is 4.74 Å². The van der Waals surface area contributed by atoms with Crippen LogP contribution in [0.1, 0.15) is 12.5 Å². The Labute approximate surface area is 155 Å². The summed E-state index contributed by atoms with van der Waals surface area (Å²) < 4.78 is 5.96. The lowest BCUT2D eigenvalue weighted by molar-refractivity contribution is 0.317. The van der Waals surface area contributed by atoms with Crippen molar-refractivity contribution in [1.29, 1.82) is 0 Å². The van der Waals surface area contributed by atoms with Crippen LogP contribution in [0.25, 0.3) is 10.6 Å². The minimum atomic E-state index is 0.0856. The Bertz CT molecular complexity index is 847. The van der Waals surface area contributed by atoms with Crippen LogP contribution in [0.5, 0.6) is 11.5 Å². The average molecular weight is 424 g/mol. The van der Waals surface area contributed by atoms with Crippen molar-refractivity contribution in [3.63, 3.8) is 0 Å². The number of benzene rings is 1. The molecule has 0 amide bonds. The van der Waals surface area contributed by atoms with Gasteiger partial charge in [-0.1, -0.05) is 6.07 Å². The van der Waals surface area contributed by atoms with Gasteiger partial charge in [0.15, 0.2) is 11.5 Å². The van der Waals surface area contributed by atoms with E-state index in [1.165, 1.54) is 11.3 Å². The number of ether oxygens (including phenoxy) is 1. The molecule has 5 nitrogen and oxygen atoms in total. The maximum Gasteiger partial charge on any atom is 0.203 e. The van der Waals surface area contributed by atoms with E-state index in [2.05, 4.69) is 31.4 Å². The number of rotatable bonds is 6. The summed E-state index contributed by atoms with van der Waals surface area (Å²) in [7, 11) is 0. The summed E-state index contributed by atoms with van der Waals surface area (Å²) in [6.07, 6.45) is 1.65. The Hall–Kier alpha value is -1.90. The number of nitrogens with zero attached hydrogens (tertiary/aromatic N) is 2. The molecule has 124 valence electrons. The Kier molecular flexibility index (Phi) is 5.49. The molecule has 0 unspecified atom stereocenters. The quantitative estimate of drug-likeness (QED) is 0.423. The fourth-order valence-corrected chi connectivity index (χ4v) is 3.84. The second kappa shape index (κ2) is 7.78. The van der Waals surface area contributed by atoms with E-state index in [1.54, 1.807) is 29.7 Å². The number of thiazole rings is 1. The maximum atomic E-state index is 9.91. The number of aromatic hydroxyl groups is 1. The van der Waals surface area contributed by atoms with Crippen molar-refractivity contribution in [3.8, 4) is 22.1 Å². The van der Waals surface area contributed by atoms with Crippen LogP contribution >= 0.6 is 38.6 Å². The lowest BCUT2D eigenvalue weighted by Crippen LogP contribution is -1.95. The summed E-state index contributed by atoms with van der Waals surface area (Å²) >= 11 is 6.46. The van der Waals surface area contributed by atoms with Gasteiger partial charge in [0.25, 0.3) is 0 Å².